The third kappa shape index (κ3) is 4.54. The predicted molar refractivity (Wildman–Crippen MR) is 120 cm³/mol. The highest BCUT2D eigenvalue weighted by molar-refractivity contribution is 7.13. The molecule has 2 aromatic carbocycles. The average Bonchev–Trinajstić information content (AvgIpc) is 3.50. The van der Waals surface area contributed by atoms with Crippen LogP contribution in [-0.4, -0.2) is 38.6 Å². The van der Waals surface area contributed by atoms with Crippen molar-refractivity contribution in [3.05, 3.63) is 77.3 Å². The number of hydrogen-bond acceptors (Lipinski definition) is 6. The van der Waals surface area contributed by atoms with Crippen molar-refractivity contribution in [3.8, 4) is 21.9 Å². The second-order valence-corrected chi connectivity index (χ2v) is 8.76. The number of likely N-dealkylation sites (tertiary alicyclic amines) is 1. The lowest BCUT2D eigenvalue weighted by Crippen LogP contribution is -2.45. The van der Waals surface area contributed by atoms with E-state index in [1.807, 2.05) is 4.90 Å². The molecule has 0 N–H and O–H groups in total. The highest BCUT2D eigenvalue weighted by atomic mass is 32.1. The minimum absolute atomic E-state index is 0.116. The Morgan fingerprint density at radius 2 is 1.91 bits per heavy atom. The lowest BCUT2D eigenvalue weighted by atomic mass is 9.98. The van der Waals surface area contributed by atoms with Gasteiger partial charge in [0.2, 0.25) is 11.8 Å². The van der Waals surface area contributed by atoms with Crippen LogP contribution in [0.3, 0.4) is 0 Å². The summed E-state index contributed by atoms with van der Waals surface area (Å²) in [6, 6.07) is 11.9. The van der Waals surface area contributed by atoms with Crippen LogP contribution in [0.15, 0.2) is 58.5 Å². The number of amides is 1. The Morgan fingerprint density at radius 1 is 1.06 bits per heavy atom. The number of hydrogen-bond donors (Lipinski definition) is 0. The molecule has 2 aromatic heterocycles. The van der Waals surface area contributed by atoms with Gasteiger partial charge in [0, 0.05) is 24.6 Å². The Kier molecular flexibility index (Phi) is 5.95. The molecule has 1 amide bonds. The van der Waals surface area contributed by atoms with Crippen molar-refractivity contribution >= 4 is 17.2 Å². The molecule has 6 nitrogen and oxygen atoms in total. The molecule has 3 heterocycles. The van der Waals surface area contributed by atoms with Crippen LogP contribution in [0, 0.1) is 11.6 Å². The van der Waals surface area contributed by atoms with Gasteiger partial charge in [0.05, 0.1) is 10.4 Å². The SMILES string of the molecule is O=C(c1ncsc1-c1ccc(F)cc1)N1CCCC[C@H]1Cc1nnc(-c2cccc(F)c2)o1. The number of aromatic nitrogens is 3. The minimum atomic E-state index is -0.378. The monoisotopic (exact) mass is 466 g/mol. The smallest absolute Gasteiger partial charge is 0.274 e. The summed E-state index contributed by atoms with van der Waals surface area (Å²) in [5, 5.41) is 8.17. The van der Waals surface area contributed by atoms with Crippen LogP contribution in [0.5, 0.6) is 0 Å². The number of thiazole rings is 1. The molecule has 0 spiro atoms. The van der Waals surface area contributed by atoms with Gasteiger partial charge >= 0.3 is 0 Å². The van der Waals surface area contributed by atoms with Crippen molar-refractivity contribution in [2.24, 2.45) is 0 Å². The molecule has 0 radical (unpaired) electrons. The van der Waals surface area contributed by atoms with Crippen molar-refractivity contribution in [2.45, 2.75) is 31.7 Å². The van der Waals surface area contributed by atoms with Crippen molar-refractivity contribution in [1.82, 2.24) is 20.1 Å². The Hall–Kier alpha value is -3.46. The number of nitrogens with zero attached hydrogens (tertiary/aromatic N) is 4. The van der Waals surface area contributed by atoms with Crippen LogP contribution in [0.1, 0.15) is 35.6 Å². The molecular formula is C24H20F2N4O2S. The number of halogens is 2. The minimum Gasteiger partial charge on any atom is -0.421 e. The van der Waals surface area contributed by atoms with Crippen LogP contribution in [0.4, 0.5) is 8.78 Å². The molecule has 0 saturated carbocycles. The standard InChI is InChI=1S/C24H20F2N4O2S/c25-17-9-7-15(8-10-17)22-21(27-14-33-22)24(31)30-11-2-1-6-19(30)13-20-28-29-23(32-20)16-4-3-5-18(26)12-16/h3-5,7-10,12,14,19H,1-2,6,11,13H2/t19-/m0/s1. The lowest BCUT2D eigenvalue weighted by Gasteiger charge is -2.35. The van der Waals surface area contributed by atoms with E-state index in [4.69, 9.17) is 4.42 Å². The normalized spacial score (nSPS) is 16.2. The molecule has 1 atom stereocenters. The van der Waals surface area contributed by atoms with Gasteiger partial charge in [0.25, 0.3) is 5.91 Å². The number of carbonyl (C=O) groups excluding carboxylic acids is 1. The molecule has 1 saturated heterocycles. The van der Waals surface area contributed by atoms with Crippen LogP contribution >= 0.6 is 11.3 Å². The first-order chi connectivity index (χ1) is 16.1. The third-order valence-corrected chi connectivity index (χ3v) is 6.59. The Morgan fingerprint density at radius 3 is 2.73 bits per heavy atom. The molecule has 0 bridgehead atoms. The first-order valence-corrected chi connectivity index (χ1v) is 11.5. The quantitative estimate of drug-likeness (QED) is 0.395. The van der Waals surface area contributed by atoms with E-state index in [-0.39, 0.29) is 29.5 Å². The second kappa shape index (κ2) is 9.19. The molecule has 33 heavy (non-hydrogen) atoms. The van der Waals surface area contributed by atoms with Gasteiger partial charge in [-0.3, -0.25) is 4.79 Å². The zero-order chi connectivity index (χ0) is 22.8. The first kappa shape index (κ1) is 21.4. The third-order valence-electron chi connectivity index (χ3n) is 5.71. The number of piperidine rings is 1. The maximum atomic E-state index is 13.5. The zero-order valence-electron chi connectivity index (χ0n) is 17.6. The van der Waals surface area contributed by atoms with Gasteiger partial charge in [0.15, 0.2) is 0 Å². The molecule has 1 aliphatic heterocycles. The fourth-order valence-electron chi connectivity index (χ4n) is 4.10. The van der Waals surface area contributed by atoms with Crippen LogP contribution in [0.25, 0.3) is 21.9 Å². The van der Waals surface area contributed by atoms with Crippen molar-refractivity contribution in [3.63, 3.8) is 0 Å². The summed E-state index contributed by atoms with van der Waals surface area (Å²) < 4.78 is 32.6. The maximum absolute atomic E-state index is 13.5. The summed E-state index contributed by atoms with van der Waals surface area (Å²) in [6.45, 7) is 0.606. The van der Waals surface area contributed by atoms with E-state index < -0.39 is 0 Å². The Labute approximate surface area is 192 Å². The predicted octanol–water partition coefficient (Wildman–Crippen LogP) is 5.38. The van der Waals surface area contributed by atoms with Gasteiger partial charge in [0.1, 0.15) is 17.3 Å². The van der Waals surface area contributed by atoms with E-state index in [0.29, 0.717) is 30.1 Å². The average molecular weight is 467 g/mol. The summed E-state index contributed by atoms with van der Waals surface area (Å²) >= 11 is 1.36. The molecular weight excluding hydrogens is 446 g/mol. The summed E-state index contributed by atoms with van der Waals surface area (Å²) in [5.41, 5.74) is 3.27. The van der Waals surface area contributed by atoms with Gasteiger partial charge in [-0.2, -0.15) is 0 Å². The van der Waals surface area contributed by atoms with E-state index in [0.717, 1.165) is 29.7 Å². The number of benzene rings is 2. The summed E-state index contributed by atoms with van der Waals surface area (Å²) in [5.74, 6) is -0.224. The van der Waals surface area contributed by atoms with E-state index in [9.17, 15) is 13.6 Å². The van der Waals surface area contributed by atoms with Crippen LogP contribution in [-0.2, 0) is 6.42 Å². The van der Waals surface area contributed by atoms with Crippen LogP contribution in [0.2, 0.25) is 0 Å². The summed E-state index contributed by atoms with van der Waals surface area (Å²) in [7, 11) is 0. The van der Waals surface area contributed by atoms with Gasteiger partial charge < -0.3 is 9.32 Å². The molecule has 0 aliphatic carbocycles. The maximum Gasteiger partial charge on any atom is 0.274 e. The second-order valence-electron chi connectivity index (χ2n) is 7.90. The van der Waals surface area contributed by atoms with Crippen LogP contribution < -0.4 is 0 Å². The summed E-state index contributed by atoms with van der Waals surface area (Å²) in [6.07, 6.45) is 3.10. The van der Waals surface area contributed by atoms with E-state index in [2.05, 4.69) is 15.2 Å². The topological polar surface area (TPSA) is 72.1 Å². The largest absolute Gasteiger partial charge is 0.421 e. The van der Waals surface area contributed by atoms with E-state index in [1.165, 1.54) is 35.6 Å². The van der Waals surface area contributed by atoms with Crippen molar-refractivity contribution < 1.29 is 18.0 Å². The molecule has 0 unspecified atom stereocenters. The van der Waals surface area contributed by atoms with Gasteiger partial charge in [-0.05, 0) is 55.2 Å². The molecule has 4 aromatic rings. The van der Waals surface area contributed by atoms with Crippen molar-refractivity contribution in [2.75, 3.05) is 6.54 Å². The first-order valence-electron chi connectivity index (χ1n) is 10.7. The fraction of sp³-hybridized carbons (Fsp3) is 0.250. The highest BCUT2D eigenvalue weighted by Gasteiger charge is 2.31. The lowest BCUT2D eigenvalue weighted by molar-refractivity contribution is 0.0601. The van der Waals surface area contributed by atoms with Gasteiger partial charge in [-0.1, -0.05) is 18.2 Å². The Balaban J connectivity index is 1.36. The highest BCUT2D eigenvalue weighted by Crippen LogP contribution is 2.31. The molecule has 1 fully saturated rings. The molecule has 9 heteroatoms. The number of rotatable bonds is 5. The number of carbonyl (C=O) groups is 1. The van der Waals surface area contributed by atoms with Gasteiger partial charge in [-0.15, -0.1) is 21.5 Å². The molecule has 5 rings (SSSR count). The molecule has 1 aliphatic rings. The Bertz CT molecular complexity index is 1270. The zero-order valence-corrected chi connectivity index (χ0v) is 18.4. The summed E-state index contributed by atoms with van der Waals surface area (Å²) in [4.78, 5) is 20.3. The van der Waals surface area contributed by atoms with Crippen molar-refractivity contribution in [1.29, 1.82) is 0 Å². The molecule has 168 valence electrons. The van der Waals surface area contributed by atoms with E-state index in [1.54, 1.807) is 29.8 Å². The fourth-order valence-corrected chi connectivity index (χ4v) is 4.88. The van der Waals surface area contributed by atoms with E-state index >= 15 is 0 Å². The van der Waals surface area contributed by atoms with Gasteiger partial charge in [-0.25, -0.2) is 13.8 Å².